The molecule has 0 aromatic heterocycles. The van der Waals surface area contributed by atoms with Crippen LogP contribution < -0.4 is 5.73 Å². The number of hydrogen-bond donors (Lipinski definition) is 2. The number of amides is 1. The Kier molecular flexibility index (Phi) is 17.9. The van der Waals surface area contributed by atoms with E-state index in [1.807, 2.05) is 0 Å². The summed E-state index contributed by atoms with van der Waals surface area (Å²) in [5.41, 5.74) is 5.12. The zero-order valence-corrected chi connectivity index (χ0v) is 16.0. The van der Waals surface area contributed by atoms with Crippen LogP contribution in [0.15, 0.2) is 12.2 Å². The summed E-state index contributed by atoms with van der Waals surface area (Å²) in [5, 5.41) is 9.33. The zero-order chi connectivity index (χ0) is 17.9. The minimum Gasteiger partial charge on any atom is -0.396 e. The average molecular weight is 340 g/mol. The van der Waals surface area contributed by atoms with Crippen LogP contribution in [0.2, 0.25) is 0 Å². The lowest BCUT2D eigenvalue weighted by Gasteiger charge is -2.12. The number of primary amides is 1. The fourth-order valence-electron chi connectivity index (χ4n) is 3.02. The topological polar surface area (TPSA) is 63.3 Å². The molecule has 3 heteroatoms. The van der Waals surface area contributed by atoms with E-state index < -0.39 is 0 Å². The molecule has 1 unspecified atom stereocenters. The second-order valence-electron chi connectivity index (χ2n) is 7.07. The Labute approximate surface area is 150 Å². The van der Waals surface area contributed by atoms with E-state index in [9.17, 15) is 9.90 Å². The molecule has 1 amide bonds. The van der Waals surface area contributed by atoms with Crippen molar-refractivity contribution >= 4 is 5.91 Å². The van der Waals surface area contributed by atoms with Crippen LogP contribution in [0.1, 0.15) is 103 Å². The van der Waals surface area contributed by atoms with Gasteiger partial charge in [-0.15, -0.1) is 0 Å². The van der Waals surface area contributed by atoms with Gasteiger partial charge in [-0.05, 0) is 50.9 Å². The lowest BCUT2D eigenvalue weighted by Crippen LogP contribution is -2.09. The van der Waals surface area contributed by atoms with Gasteiger partial charge in [0.25, 0.3) is 0 Å². The number of allylic oxidation sites excluding steroid dienone is 2. The number of hydrogen-bond acceptors (Lipinski definition) is 2. The van der Waals surface area contributed by atoms with Gasteiger partial charge in [0.2, 0.25) is 5.91 Å². The molecule has 0 aliphatic heterocycles. The fourth-order valence-corrected chi connectivity index (χ4v) is 3.02. The number of rotatable bonds is 18. The molecule has 0 heterocycles. The maximum atomic E-state index is 10.6. The molecule has 0 saturated heterocycles. The Morgan fingerprint density at radius 1 is 0.875 bits per heavy atom. The van der Waals surface area contributed by atoms with E-state index in [1.165, 1.54) is 77.0 Å². The summed E-state index contributed by atoms with van der Waals surface area (Å²) in [6.45, 7) is 2.57. The summed E-state index contributed by atoms with van der Waals surface area (Å²) in [4.78, 5) is 10.6. The van der Waals surface area contributed by atoms with E-state index in [0.29, 0.717) is 18.9 Å². The van der Waals surface area contributed by atoms with Crippen LogP contribution in [0.5, 0.6) is 0 Å². The van der Waals surface area contributed by atoms with Crippen molar-refractivity contribution < 1.29 is 9.90 Å². The molecular formula is C21H41NO2. The first-order valence-corrected chi connectivity index (χ1v) is 10.2. The van der Waals surface area contributed by atoms with Gasteiger partial charge in [-0.2, -0.15) is 0 Å². The number of unbranched alkanes of at least 4 members (excludes halogenated alkanes) is 9. The van der Waals surface area contributed by atoms with Gasteiger partial charge in [-0.25, -0.2) is 0 Å². The molecule has 0 radical (unpaired) electrons. The van der Waals surface area contributed by atoms with Crippen LogP contribution >= 0.6 is 0 Å². The number of carbonyl (C=O) groups is 1. The van der Waals surface area contributed by atoms with Crippen molar-refractivity contribution in [2.24, 2.45) is 11.7 Å². The molecule has 0 bridgehead atoms. The highest BCUT2D eigenvalue weighted by Gasteiger charge is 2.05. The summed E-state index contributed by atoms with van der Waals surface area (Å²) in [5.74, 6) is 0.352. The van der Waals surface area contributed by atoms with Crippen molar-refractivity contribution in [2.45, 2.75) is 103 Å². The van der Waals surface area contributed by atoms with Crippen LogP contribution in [-0.2, 0) is 4.79 Å². The molecule has 0 spiro atoms. The smallest absolute Gasteiger partial charge is 0.217 e. The van der Waals surface area contributed by atoms with Gasteiger partial charge in [0, 0.05) is 13.0 Å². The van der Waals surface area contributed by atoms with Crippen LogP contribution in [0.3, 0.4) is 0 Å². The summed E-state index contributed by atoms with van der Waals surface area (Å²) in [6.07, 6.45) is 22.0. The molecule has 0 aromatic carbocycles. The fraction of sp³-hybridized carbons (Fsp3) is 0.857. The van der Waals surface area contributed by atoms with Crippen LogP contribution in [0.25, 0.3) is 0 Å². The van der Waals surface area contributed by atoms with Crippen LogP contribution in [0.4, 0.5) is 0 Å². The Balaban J connectivity index is 3.28. The van der Waals surface area contributed by atoms with Crippen molar-refractivity contribution in [3.8, 4) is 0 Å². The standard InChI is InChI=1S/C21H41NO2/c1-2-3-16-20(19-23)17-14-12-10-8-6-4-5-7-9-11-13-15-18-21(22)24/h6,8,20,23H,2-5,7,9-19H2,1H3,(H2,22,24)/b8-6-. The van der Waals surface area contributed by atoms with Gasteiger partial charge in [0.05, 0.1) is 0 Å². The highest BCUT2D eigenvalue weighted by molar-refractivity contribution is 5.73. The molecule has 0 aliphatic carbocycles. The molecule has 24 heavy (non-hydrogen) atoms. The lowest BCUT2D eigenvalue weighted by atomic mass is 9.96. The number of carbonyl (C=O) groups excluding carboxylic acids is 1. The van der Waals surface area contributed by atoms with Crippen molar-refractivity contribution in [1.82, 2.24) is 0 Å². The molecule has 3 nitrogen and oxygen atoms in total. The maximum absolute atomic E-state index is 10.6. The first kappa shape index (κ1) is 23.2. The Hall–Kier alpha value is -0.830. The van der Waals surface area contributed by atoms with Gasteiger partial charge >= 0.3 is 0 Å². The van der Waals surface area contributed by atoms with E-state index in [-0.39, 0.29) is 5.91 Å². The third kappa shape index (κ3) is 17.5. The SMILES string of the molecule is CCCCC(CO)CCCC/C=C\CCCCCCCCC(N)=O. The highest BCUT2D eigenvalue weighted by atomic mass is 16.3. The second kappa shape index (κ2) is 18.5. The predicted molar refractivity (Wildman–Crippen MR) is 104 cm³/mol. The van der Waals surface area contributed by atoms with E-state index in [1.54, 1.807) is 0 Å². The summed E-state index contributed by atoms with van der Waals surface area (Å²) < 4.78 is 0. The van der Waals surface area contributed by atoms with E-state index in [2.05, 4.69) is 19.1 Å². The van der Waals surface area contributed by atoms with Gasteiger partial charge < -0.3 is 10.8 Å². The summed E-state index contributed by atoms with van der Waals surface area (Å²) in [6, 6.07) is 0. The molecule has 0 saturated carbocycles. The average Bonchev–Trinajstić information content (AvgIpc) is 2.57. The summed E-state index contributed by atoms with van der Waals surface area (Å²) in [7, 11) is 0. The van der Waals surface area contributed by atoms with Gasteiger partial charge in [-0.1, -0.05) is 64.0 Å². The normalized spacial score (nSPS) is 12.8. The van der Waals surface area contributed by atoms with E-state index in [4.69, 9.17) is 5.73 Å². The predicted octanol–water partition coefficient (Wildman–Crippen LogP) is 5.51. The van der Waals surface area contributed by atoms with Crippen molar-refractivity contribution in [1.29, 1.82) is 0 Å². The second-order valence-corrected chi connectivity index (χ2v) is 7.07. The number of nitrogens with two attached hydrogens (primary N) is 1. The number of aliphatic hydroxyl groups excluding tert-OH is 1. The first-order chi connectivity index (χ1) is 11.7. The van der Waals surface area contributed by atoms with Gasteiger partial charge in [0.1, 0.15) is 0 Å². The van der Waals surface area contributed by atoms with Crippen LogP contribution in [0, 0.1) is 5.92 Å². The Bertz CT molecular complexity index is 302. The Morgan fingerprint density at radius 2 is 1.42 bits per heavy atom. The third-order valence-corrected chi connectivity index (χ3v) is 4.67. The van der Waals surface area contributed by atoms with E-state index >= 15 is 0 Å². The quantitative estimate of drug-likeness (QED) is 0.255. The monoisotopic (exact) mass is 339 g/mol. The molecule has 1 atom stereocenters. The molecular weight excluding hydrogens is 298 g/mol. The number of aliphatic hydroxyl groups is 1. The molecule has 0 aromatic rings. The van der Waals surface area contributed by atoms with E-state index in [0.717, 1.165) is 12.8 Å². The molecule has 142 valence electrons. The minimum atomic E-state index is -0.173. The van der Waals surface area contributed by atoms with Crippen LogP contribution in [-0.4, -0.2) is 17.6 Å². The maximum Gasteiger partial charge on any atom is 0.217 e. The van der Waals surface area contributed by atoms with Gasteiger partial charge in [-0.3, -0.25) is 4.79 Å². The molecule has 0 rings (SSSR count). The van der Waals surface area contributed by atoms with Crippen molar-refractivity contribution in [3.63, 3.8) is 0 Å². The lowest BCUT2D eigenvalue weighted by molar-refractivity contribution is -0.118. The molecule has 3 N–H and O–H groups in total. The minimum absolute atomic E-state index is 0.173. The largest absolute Gasteiger partial charge is 0.396 e. The van der Waals surface area contributed by atoms with Crippen molar-refractivity contribution in [2.75, 3.05) is 6.61 Å². The first-order valence-electron chi connectivity index (χ1n) is 10.2. The zero-order valence-electron chi connectivity index (χ0n) is 16.0. The Morgan fingerprint density at radius 3 is 2.00 bits per heavy atom. The van der Waals surface area contributed by atoms with Gasteiger partial charge in [0.15, 0.2) is 0 Å². The van der Waals surface area contributed by atoms with Crippen molar-refractivity contribution in [3.05, 3.63) is 12.2 Å². The molecule has 0 fully saturated rings. The highest BCUT2D eigenvalue weighted by Crippen LogP contribution is 2.16. The summed E-state index contributed by atoms with van der Waals surface area (Å²) >= 11 is 0. The third-order valence-electron chi connectivity index (χ3n) is 4.67. The molecule has 0 aliphatic rings.